The lowest BCUT2D eigenvalue weighted by atomic mass is 9.79. The summed E-state index contributed by atoms with van der Waals surface area (Å²) in [4.78, 5) is 0. The first-order valence-corrected chi connectivity index (χ1v) is 8.99. The Kier molecular flexibility index (Phi) is 6.13. The maximum absolute atomic E-state index is 13.7. The normalized spacial score (nSPS) is 11.7. The molecule has 0 saturated heterocycles. The van der Waals surface area contributed by atoms with Gasteiger partial charge in [-0.25, -0.2) is 4.39 Å². The summed E-state index contributed by atoms with van der Waals surface area (Å²) in [6.45, 7) is 0. The quantitative estimate of drug-likeness (QED) is 0.464. The minimum atomic E-state index is -0.430. The largest absolute Gasteiger partial charge is 0.206 e. The molecule has 0 aliphatic carbocycles. The van der Waals surface area contributed by atoms with Crippen LogP contribution in [0.1, 0.15) is 11.1 Å². The van der Waals surface area contributed by atoms with Crippen LogP contribution >= 0.6 is 55.1 Å². The van der Waals surface area contributed by atoms with E-state index in [2.05, 4.69) is 31.9 Å². The summed E-state index contributed by atoms with van der Waals surface area (Å²) in [6, 6.07) is 12.9. The summed E-state index contributed by atoms with van der Waals surface area (Å²) in [5, 5.41) is 0. The molecule has 5 heteroatoms. The van der Waals surface area contributed by atoms with Crippen LogP contribution in [0.3, 0.4) is 0 Å². The average Bonchev–Trinajstić information content (AvgIpc) is 2.50. The van der Waals surface area contributed by atoms with Crippen molar-refractivity contribution in [2.75, 3.05) is 11.8 Å². The molecule has 0 unspecified atom stereocenters. The smallest absolute Gasteiger partial charge is 0.137 e. The van der Waals surface area contributed by atoms with Crippen molar-refractivity contribution in [3.05, 3.63) is 68.4 Å². The van der Waals surface area contributed by atoms with E-state index in [-0.39, 0.29) is 5.82 Å². The highest BCUT2D eigenvalue weighted by atomic mass is 79.9. The molecule has 0 N–H and O–H groups in total. The Labute approximate surface area is 150 Å². The topological polar surface area (TPSA) is 0 Å². The van der Waals surface area contributed by atoms with Crippen molar-refractivity contribution in [2.45, 2.75) is 11.8 Å². The predicted octanol–water partition coefficient (Wildman–Crippen LogP) is 6.31. The molecule has 0 nitrogen and oxygen atoms in total. The molecule has 0 atom stereocenters. The Hall–Kier alpha value is -0.0900. The van der Waals surface area contributed by atoms with Gasteiger partial charge in [0.25, 0.3) is 0 Å². The van der Waals surface area contributed by atoms with E-state index in [4.69, 9.17) is 23.2 Å². The van der Waals surface area contributed by atoms with Crippen LogP contribution in [0.15, 0.2) is 51.4 Å². The number of hydrogen-bond acceptors (Lipinski definition) is 0. The monoisotopic (exact) mass is 452 g/mol. The van der Waals surface area contributed by atoms with Crippen molar-refractivity contribution >= 4 is 55.1 Å². The fourth-order valence-corrected chi connectivity index (χ4v) is 3.69. The fraction of sp³-hybridized carbons (Fsp3) is 0.250. The molecule has 2 aromatic carbocycles. The summed E-state index contributed by atoms with van der Waals surface area (Å²) in [6.07, 6.45) is 0.569. The Bertz CT molecular complexity index is 610. The van der Waals surface area contributed by atoms with Crippen molar-refractivity contribution in [3.63, 3.8) is 0 Å². The molecule has 0 aromatic heterocycles. The second-order valence-electron chi connectivity index (χ2n) is 4.94. The van der Waals surface area contributed by atoms with Gasteiger partial charge < -0.3 is 0 Å². The highest BCUT2D eigenvalue weighted by Crippen LogP contribution is 2.35. The number of alkyl halides is 2. The van der Waals surface area contributed by atoms with Gasteiger partial charge in [0, 0.05) is 21.6 Å². The Morgan fingerprint density at radius 2 is 1.57 bits per heavy atom. The van der Waals surface area contributed by atoms with Gasteiger partial charge in [-0.1, -0.05) is 40.2 Å². The van der Waals surface area contributed by atoms with Gasteiger partial charge >= 0.3 is 0 Å². The van der Waals surface area contributed by atoms with Gasteiger partial charge in [0.05, 0.1) is 4.47 Å². The van der Waals surface area contributed by atoms with Crippen molar-refractivity contribution in [3.8, 4) is 0 Å². The van der Waals surface area contributed by atoms with Gasteiger partial charge in [-0.05, 0) is 51.7 Å². The van der Waals surface area contributed by atoms with Gasteiger partial charge in [0.15, 0.2) is 0 Å². The standard InChI is InChI=1S/C16H13Br2Cl2F/c17-13-6-4-12(5-7-13)16(9-19,10-20)8-11-2-1-3-14(21)15(11)18/h1-7H,8-10H2. The second-order valence-corrected chi connectivity index (χ2v) is 7.19. The number of rotatable bonds is 5. The van der Waals surface area contributed by atoms with Gasteiger partial charge in [-0.15, -0.1) is 23.2 Å². The maximum atomic E-state index is 13.7. The molecular formula is C16H13Br2Cl2F. The first kappa shape index (κ1) is 17.3. The van der Waals surface area contributed by atoms with Crippen molar-refractivity contribution in [2.24, 2.45) is 0 Å². The van der Waals surface area contributed by atoms with Crippen molar-refractivity contribution in [1.29, 1.82) is 0 Å². The van der Waals surface area contributed by atoms with E-state index in [1.165, 1.54) is 6.07 Å². The lowest BCUT2D eigenvalue weighted by molar-refractivity contribution is 0.530. The molecular weight excluding hydrogens is 442 g/mol. The third kappa shape index (κ3) is 3.82. The minimum absolute atomic E-state index is 0.277. The molecule has 112 valence electrons. The van der Waals surface area contributed by atoms with Gasteiger partial charge in [-0.3, -0.25) is 0 Å². The van der Waals surface area contributed by atoms with E-state index in [0.717, 1.165) is 15.6 Å². The van der Waals surface area contributed by atoms with Crippen LogP contribution < -0.4 is 0 Å². The second kappa shape index (κ2) is 7.45. The van der Waals surface area contributed by atoms with Crippen LogP contribution in [0.25, 0.3) is 0 Å². The zero-order valence-electron chi connectivity index (χ0n) is 11.1. The summed E-state index contributed by atoms with van der Waals surface area (Å²) in [5.74, 6) is 0.448. The first-order valence-electron chi connectivity index (χ1n) is 6.33. The van der Waals surface area contributed by atoms with E-state index in [1.54, 1.807) is 6.07 Å². The average molecular weight is 455 g/mol. The lowest BCUT2D eigenvalue weighted by Crippen LogP contribution is -2.33. The zero-order valence-corrected chi connectivity index (χ0v) is 15.7. The van der Waals surface area contributed by atoms with E-state index in [0.29, 0.717) is 22.7 Å². The van der Waals surface area contributed by atoms with Crippen molar-refractivity contribution in [1.82, 2.24) is 0 Å². The Morgan fingerprint density at radius 1 is 0.952 bits per heavy atom. The van der Waals surface area contributed by atoms with Crippen LogP contribution in [0.4, 0.5) is 4.39 Å². The van der Waals surface area contributed by atoms with Crippen LogP contribution in [0.5, 0.6) is 0 Å². The molecule has 0 fully saturated rings. The third-order valence-corrected chi connectivity index (χ3v) is 5.97. The first-order chi connectivity index (χ1) is 10.0. The molecule has 0 saturated carbocycles. The van der Waals surface area contributed by atoms with E-state index in [1.807, 2.05) is 30.3 Å². The molecule has 0 bridgehead atoms. The molecule has 0 aliphatic heterocycles. The molecule has 2 rings (SSSR count). The summed E-state index contributed by atoms with van der Waals surface area (Å²) >= 11 is 19.2. The van der Waals surface area contributed by atoms with Crippen LogP contribution in [0.2, 0.25) is 0 Å². The van der Waals surface area contributed by atoms with Crippen LogP contribution in [0, 0.1) is 5.82 Å². The molecule has 0 spiro atoms. The van der Waals surface area contributed by atoms with Crippen molar-refractivity contribution < 1.29 is 4.39 Å². The summed E-state index contributed by atoms with van der Waals surface area (Å²) < 4.78 is 15.2. The fourth-order valence-electron chi connectivity index (χ4n) is 2.24. The van der Waals surface area contributed by atoms with Gasteiger partial charge in [0.1, 0.15) is 5.82 Å². The lowest BCUT2D eigenvalue weighted by Gasteiger charge is -2.31. The van der Waals surface area contributed by atoms with Gasteiger partial charge in [0.2, 0.25) is 0 Å². The predicted molar refractivity (Wildman–Crippen MR) is 95.1 cm³/mol. The van der Waals surface area contributed by atoms with Gasteiger partial charge in [-0.2, -0.15) is 0 Å². The highest BCUT2D eigenvalue weighted by molar-refractivity contribution is 9.10. The van der Waals surface area contributed by atoms with Crippen LogP contribution in [-0.2, 0) is 11.8 Å². The molecule has 0 radical (unpaired) electrons. The third-order valence-electron chi connectivity index (χ3n) is 3.53. The Morgan fingerprint density at radius 3 is 2.14 bits per heavy atom. The minimum Gasteiger partial charge on any atom is -0.206 e. The number of benzene rings is 2. The molecule has 21 heavy (non-hydrogen) atoms. The zero-order chi connectivity index (χ0) is 15.5. The molecule has 0 aliphatic rings. The maximum Gasteiger partial charge on any atom is 0.137 e. The van der Waals surface area contributed by atoms with Crippen LogP contribution in [-0.4, -0.2) is 11.8 Å². The Balaban J connectivity index is 2.43. The molecule has 0 heterocycles. The van der Waals surface area contributed by atoms with E-state index < -0.39 is 5.41 Å². The number of hydrogen-bond donors (Lipinski definition) is 0. The summed E-state index contributed by atoms with van der Waals surface area (Å²) in [7, 11) is 0. The molecule has 2 aromatic rings. The molecule has 0 amide bonds. The van der Waals surface area contributed by atoms with E-state index in [9.17, 15) is 4.39 Å². The highest BCUT2D eigenvalue weighted by Gasteiger charge is 2.32. The summed E-state index contributed by atoms with van der Waals surface area (Å²) in [5.41, 5.74) is 1.48. The number of halogens is 5. The van der Waals surface area contributed by atoms with E-state index >= 15 is 0 Å². The SMILES string of the molecule is Fc1cccc(CC(CCl)(CCl)c2ccc(Br)cc2)c1Br.